The lowest BCUT2D eigenvalue weighted by Gasteiger charge is -2.14. The van der Waals surface area contributed by atoms with Crippen LogP contribution in [0.4, 0.5) is 22.0 Å². The molecule has 1 aliphatic heterocycles. The van der Waals surface area contributed by atoms with Crippen LogP contribution in [-0.4, -0.2) is 38.1 Å². The van der Waals surface area contributed by atoms with Gasteiger partial charge in [-0.25, -0.2) is 4.98 Å². The first kappa shape index (κ1) is 24.0. The van der Waals surface area contributed by atoms with Crippen LogP contribution in [0.5, 0.6) is 5.75 Å². The predicted molar refractivity (Wildman–Crippen MR) is 120 cm³/mol. The number of pyridine rings is 1. The molecule has 0 aliphatic carbocycles. The van der Waals surface area contributed by atoms with Crippen molar-refractivity contribution in [1.29, 1.82) is 0 Å². The molecular formula is C23H17ClF5N5O2. The Morgan fingerprint density at radius 1 is 1.25 bits per heavy atom. The average Bonchev–Trinajstić information content (AvgIpc) is 3.50. The van der Waals surface area contributed by atoms with Crippen molar-refractivity contribution in [2.45, 2.75) is 31.5 Å². The zero-order valence-electron chi connectivity index (χ0n) is 18.5. The highest BCUT2D eigenvalue weighted by atomic mass is 35.5. The lowest BCUT2D eigenvalue weighted by atomic mass is 10.1. The Morgan fingerprint density at radius 3 is 2.69 bits per heavy atom. The van der Waals surface area contributed by atoms with Gasteiger partial charge < -0.3 is 19.0 Å². The summed E-state index contributed by atoms with van der Waals surface area (Å²) in [4.78, 5) is 8.50. The van der Waals surface area contributed by atoms with Crippen molar-refractivity contribution in [3.63, 3.8) is 0 Å². The van der Waals surface area contributed by atoms with Crippen molar-refractivity contribution >= 4 is 17.2 Å². The van der Waals surface area contributed by atoms with Crippen molar-refractivity contribution in [2.75, 3.05) is 6.61 Å². The minimum Gasteiger partial charge on any atom is -0.491 e. The fraction of sp³-hybridized carbons (Fsp3) is 0.261. The molecule has 188 valence electrons. The molecule has 1 aliphatic rings. The van der Waals surface area contributed by atoms with Crippen LogP contribution in [-0.2, 0) is 6.18 Å². The van der Waals surface area contributed by atoms with E-state index in [-0.39, 0.29) is 46.8 Å². The minimum absolute atomic E-state index is 0.0337. The van der Waals surface area contributed by atoms with Gasteiger partial charge in [-0.3, -0.25) is 0 Å². The highest BCUT2D eigenvalue weighted by Gasteiger charge is 2.43. The third-order valence-electron chi connectivity index (χ3n) is 5.67. The molecule has 7 nitrogen and oxygen atoms in total. The molecule has 1 fully saturated rings. The van der Waals surface area contributed by atoms with Gasteiger partial charge in [-0.2, -0.15) is 26.9 Å². The summed E-state index contributed by atoms with van der Waals surface area (Å²) in [5, 5.41) is 6.34. The van der Waals surface area contributed by atoms with E-state index < -0.39 is 23.7 Å². The molecule has 0 radical (unpaired) electrons. The molecule has 13 heteroatoms. The maximum atomic E-state index is 13.6. The molecule has 0 bridgehead atoms. The van der Waals surface area contributed by atoms with Gasteiger partial charge in [0.25, 0.3) is 11.8 Å². The second kappa shape index (κ2) is 8.47. The maximum Gasteiger partial charge on any atom is 0.417 e. The first-order valence-corrected chi connectivity index (χ1v) is 11.0. The Bertz CT molecular complexity index is 1480. The molecule has 0 amide bonds. The number of aromatic nitrogens is 4. The minimum atomic E-state index is -4.57. The molecule has 0 spiro atoms. The van der Waals surface area contributed by atoms with E-state index >= 15 is 0 Å². The molecule has 1 saturated heterocycles. The first-order valence-electron chi connectivity index (χ1n) is 10.6. The van der Waals surface area contributed by atoms with Crippen LogP contribution in [0.2, 0.25) is 5.02 Å². The van der Waals surface area contributed by atoms with Gasteiger partial charge >= 0.3 is 6.18 Å². The molecule has 4 heterocycles. The number of fused-ring (bicyclic) bond motifs is 1. The Kier molecular flexibility index (Phi) is 5.66. The fourth-order valence-electron chi connectivity index (χ4n) is 3.84. The van der Waals surface area contributed by atoms with Crippen LogP contribution in [0.3, 0.4) is 0 Å². The number of alkyl halides is 5. The highest BCUT2D eigenvalue weighted by Crippen LogP contribution is 2.35. The number of nitrogens with zero attached hydrogens (tertiary/aromatic N) is 4. The Labute approximate surface area is 205 Å². The maximum absolute atomic E-state index is 13.6. The molecule has 0 unspecified atom stereocenters. The van der Waals surface area contributed by atoms with Gasteiger partial charge in [-0.05, 0) is 36.8 Å². The number of rotatable bonds is 5. The number of nitrogens with one attached hydrogen (secondary N) is 1. The number of imidazole rings is 1. The van der Waals surface area contributed by atoms with Crippen molar-refractivity contribution in [2.24, 2.45) is 0 Å². The van der Waals surface area contributed by atoms with Crippen molar-refractivity contribution < 1.29 is 31.2 Å². The van der Waals surface area contributed by atoms with Gasteiger partial charge in [0.1, 0.15) is 18.1 Å². The lowest BCUT2D eigenvalue weighted by Crippen LogP contribution is -2.27. The number of ether oxygens (including phenoxy) is 1. The van der Waals surface area contributed by atoms with Gasteiger partial charge in [0.2, 0.25) is 5.82 Å². The Hall–Kier alpha value is -3.67. The summed E-state index contributed by atoms with van der Waals surface area (Å²) < 4.78 is 78.6. The average molecular weight is 526 g/mol. The van der Waals surface area contributed by atoms with E-state index in [1.165, 1.54) is 6.20 Å². The molecule has 1 aromatic carbocycles. The van der Waals surface area contributed by atoms with Crippen molar-refractivity contribution in [3.05, 3.63) is 65.1 Å². The quantitative estimate of drug-likeness (QED) is 0.326. The highest BCUT2D eigenvalue weighted by molar-refractivity contribution is 6.33. The van der Waals surface area contributed by atoms with Crippen LogP contribution in [0, 0.1) is 6.92 Å². The van der Waals surface area contributed by atoms with E-state index in [9.17, 15) is 22.0 Å². The van der Waals surface area contributed by atoms with Crippen LogP contribution in [0.25, 0.3) is 28.6 Å². The molecule has 1 atom stereocenters. The van der Waals surface area contributed by atoms with Crippen LogP contribution in [0.15, 0.2) is 53.5 Å². The van der Waals surface area contributed by atoms with Gasteiger partial charge in [0.05, 0.1) is 22.3 Å². The molecule has 0 saturated carbocycles. The number of hydrogen-bond donors (Lipinski definition) is 1. The lowest BCUT2D eigenvalue weighted by molar-refractivity contribution is -0.137. The second-order valence-corrected chi connectivity index (χ2v) is 8.78. The van der Waals surface area contributed by atoms with E-state index in [2.05, 4.69) is 27.0 Å². The van der Waals surface area contributed by atoms with E-state index in [0.717, 1.165) is 16.7 Å². The van der Waals surface area contributed by atoms with Crippen molar-refractivity contribution in [1.82, 2.24) is 24.8 Å². The summed E-state index contributed by atoms with van der Waals surface area (Å²) in [5.74, 6) is -2.26. The molecule has 3 aromatic heterocycles. The van der Waals surface area contributed by atoms with Crippen LogP contribution >= 0.6 is 11.6 Å². The van der Waals surface area contributed by atoms with Crippen LogP contribution < -0.4 is 10.1 Å². The third kappa shape index (κ3) is 4.48. The number of aryl methyl sites for hydroxylation is 1. The van der Waals surface area contributed by atoms with E-state index in [4.69, 9.17) is 20.9 Å². The molecule has 4 aromatic rings. The number of hydrogen-bond acceptors (Lipinski definition) is 6. The van der Waals surface area contributed by atoms with E-state index in [1.54, 1.807) is 25.1 Å². The largest absolute Gasteiger partial charge is 0.491 e. The zero-order chi connectivity index (χ0) is 25.8. The monoisotopic (exact) mass is 525 g/mol. The van der Waals surface area contributed by atoms with Gasteiger partial charge in [0, 0.05) is 24.4 Å². The SMILES string of the molecule is C=C1N[C@H](COc2ccc(-c3nc(-c4cn5cc(C(F)(F)F)cc(Cl)c5n4)no3)cc2C)CC1(F)F. The zero-order valence-corrected chi connectivity index (χ0v) is 19.3. The number of allylic oxidation sites excluding steroid dienone is 1. The molecular weight excluding hydrogens is 509 g/mol. The normalized spacial score (nSPS) is 17.5. The number of benzene rings is 1. The molecule has 5 rings (SSSR count). The smallest absolute Gasteiger partial charge is 0.417 e. The summed E-state index contributed by atoms with van der Waals surface area (Å²) in [6, 6.07) is 5.27. The standard InChI is InChI=1S/C23H17ClF5N5O2/c1-11-5-13(3-4-18(11)35-10-15-7-22(25,26)12(2)30-15)21-32-19(33-36-21)17-9-34-8-14(23(27,28)29)6-16(24)20(34)31-17/h3-6,8-9,15,30H,2,7,10H2,1H3/t15-/m0/s1. The second-order valence-electron chi connectivity index (χ2n) is 8.37. The van der Waals surface area contributed by atoms with Crippen molar-refractivity contribution in [3.8, 4) is 28.7 Å². The summed E-state index contributed by atoms with van der Waals surface area (Å²) in [7, 11) is 0. The Morgan fingerprint density at radius 2 is 2.03 bits per heavy atom. The molecule has 1 N–H and O–H groups in total. The topological polar surface area (TPSA) is 77.5 Å². The first-order chi connectivity index (χ1) is 16.9. The predicted octanol–water partition coefficient (Wildman–Crippen LogP) is 5.92. The summed E-state index contributed by atoms with van der Waals surface area (Å²) >= 11 is 5.99. The summed E-state index contributed by atoms with van der Waals surface area (Å²) in [6.07, 6.45) is -2.76. The van der Waals surface area contributed by atoms with Gasteiger partial charge in [-0.15, -0.1) is 0 Å². The number of halogens is 6. The Balaban J connectivity index is 1.34. The van der Waals surface area contributed by atoms with Gasteiger partial charge in [0.15, 0.2) is 5.65 Å². The third-order valence-corrected chi connectivity index (χ3v) is 5.95. The van der Waals surface area contributed by atoms with E-state index in [1.807, 2.05) is 0 Å². The van der Waals surface area contributed by atoms with Crippen LogP contribution in [0.1, 0.15) is 17.5 Å². The van der Waals surface area contributed by atoms with Gasteiger partial charge in [-0.1, -0.05) is 23.3 Å². The van der Waals surface area contributed by atoms with E-state index in [0.29, 0.717) is 16.9 Å². The fourth-order valence-corrected chi connectivity index (χ4v) is 4.09. The molecule has 36 heavy (non-hydrogen) atoms. The summed E-state index contributed by atoms with van der Waals surface area (Å²) in [6.45, 7) is 5.14. The summed E-state index contributed by atoms with van der Waals surface area (Å²) in [5.41, 5.74) is 0.308.